The predicted octanol–water partition coefficient (Wildman–Crippen LogP) is 4.53. The summed E-state index contributed by atoms with van der Waals surface area (Å²) in [4.78, 5) is 0. The summed E-state index contributed by atoms with van der Waals surface area (Å²) in [6.07, 6.45) is 12.7. The minimum absolute atomic E-state index is 0.297. The number of aliphatic hydroxyl groups is 1. The molecule has 0 heterocycles. The zero-order chi connectivity index (χ0) is 12.3. The first-order valence-electron chi connectivity index (χ1n) is 7.88. The van der Waals surface area contributed by atoms with Crippen molar-refractivity contribution in [3.05, 3.63) is 0 Å². The van der Waals surface area contributed by atoms with E-state index in [-0.39, 0.29) is 5.60 Å². The second kappa shape index (κ2) is 5.73. The highest BCUT2D eigenvalue weighted by Crippen LogP contribution is 2.46. The molecule has 1 nitrogen and oxygen atoms in total. The lowest BCUT2D eigenvalue weighted by Crippen LogP contribution is -2.45. The summed E-state index contributed by atoms with van der Waals surface area (Å²) in [6.45, 7) is 4.69. The Hall–Kier alpha value is -0.0400. The molecule has 100 valence electrons. The maximum atomic E-state index is 10.9. The molecule has 1 N–H and O–H groups in total. The van der Waals surface area contributed by atoms with Gasteiger partial charge >= 0.3 is 0 Å². The van der Waals surface area contributed by atoms with E-state index in [4.69, 9.17) is 0 Å². The maximum Gasteiger partial charge on any atom is 0.0678 e. The van der Waals surface area contributed by atoms with Gasteiger partial charge < -0.3 is 5.11 Å². The van der Waals surface area contributed by atoms with E-state index in [0.29, 0.717) is 5.92 Å². The van der Waals surface area contributed by atoms with Gasteiger partial charge in [0, 0.05) is 0 Å². The smallest absolute Gasteiger partial charge is 0.0678 e. The minimum atomic E-state index is -0.297. The molecule has 0 spiro atoms. The molecule has 1 heteroatoms. The van der Waals surface area contributed by atoms with Crippen molar-refractivity contribution in [3.63, 3.8) is 0 Å². The van der Waals surface area contributed by atoms with Crippen LogP contribution in [0.3, 0.4) is 0 Å². The van der Waals surface area contributed by atoms with Crippen LogP contribution in [0.15, 0.2) is 0 Å². The van der Waals surface area contributed by atoms with Crippen LogP contribution < -0.4 is 0 Å². The van der Waals surface area contributed by atoms with Crippen molar-refractivity contribution in [2.45, 2.75) is 83.7 Å². The molecule has 0 saturated heterocycles. The van der Waals surface area contributed by atoms with E-state index in [1.165, 1.54) is 51.4 Å². The Kier molecular flexibility index (Phi) is 4.52. The summed E-state index contributed by atoms with van der Waals surface area (Å²) in [7, 11) is 0. The molecule has 2 saturated carbocycles. The lowest BCUT2D eigenvalue weighted by atomic mass is 9.63. The monoisotopic (exact) mass is 238 g/mol. The molecule has 0 aromatic heterocycles. The zero-order valence-electron chi connectivity index (χ0n) is 11.8. The van der Waals surface area contributed by atoms with Gasteiger partial charge in [-0.1, -0.05) is 52.4 Å². The molecule has 17 heavy (non-hydrogen) atoms. The van der Waals surface area contributed by atoms with Crippen molar-refractivity contribution in [2.75, 3.05) is 0 Å². The fourth-order valence-corrected chi connectivity index (χ4v) is 4.51. The second-order valence-corrected chi connectivity index (χ2v) is 6.72. The molecular formula is C16H30O. The van der Waals surface area contributed by atoms with Crippen LogP contribution in [-0.4, -0.2) is 10.7 Å². The second-order valence-electron chi connectivity index (χ2n) is 6.72. The molecule has 2 aliphatic carbocycles. The summed E-state index contributed by atoms with van der Waals surface area (Å²) in [6, 6.07) is 0. The first kappa shape index (κ1) is 13.4. The highest BCUT2D eigenvalue weighted by atomic mass is 16.3. The van der Waals surface area contributed by atoms with Crippen molar-refractivity contribution in [3.8, 4) is 0 Å². The zero-order valence-corrected chi connectivity index (χ0v) is 11.8. The Labute approximate surface area is 107 Å². The van der Waals surface area contributed by atoms with Gasteiger partial charge in [0.05, 0.1) is 5.60 Å². The molecule has 0 aliphatic heterocycles. The summed E-state index contributed by atoms with van der Waals surface area (Å²) in [5, 5.41) is 10.9. The van der Waals surface area contributed by atoms with Crippen LogP contribution in [0.1, 0.15) is 78.1 Å². The van der Waals surface area contributed by atoms with Crippen LogP contribution in [0.25, 0.3) is 0 Å². The topological polar surface area (TPSA) is 20.2 Å². The van der Waals surface area contributed by atoms with E-state index >= 15 is 0 Å². The van der Waals surface area contributed by atoms with Crippen molar-refractivity contribution >= 4 is 0 Å². The molecule has 2 aliphatic rings. The molecule has 3 atom stereocenters. The van der Waals surface area contributed by atoms with Gasteiger partial charge in [-0.05, 0) is 43.4 Å². The highest BCUT2D eigenvalue weighted by Gasteiger charge is 2.42. The third-order valence-corrected chi connectivity index (χ3v) is 5.38. The predicted molar refractivity (Wildman–Crippen MR) is 72.9 cm³/mol. The molecule has 2 fully saturated rings. The average molecular weight is 238 g/mol. The van der Waals surface area contributed by atoms with Crippen LogP contribution >= 0.6 is 0 Å². The third kappa shape index (κ3) is 3.05. The van der Waals surface area contributed by atoms with Gasteiger partial charge in [0.15, 0.2) is 0 Å². The third-order valence-electron chi connectivity index (χ3n) is 5.38. The Morgan fingerprint density at radius 3 is 2.41 bits per heavy atom. The van der Waals surface area contributed by atoms with Crippen LogP contribution in [0.4, 0.5) is 0 Å². The van der Waals surface area contributed by atoms with Gasteiger partial charge in [-0.2, -0.15) is 0 Å². The van der Waals surface area contributed by atoms with Gasteiger partial charge in [-0.25, -0.2) is 0 Å². The summed E-state index contributed by atoms with van der Waals surface area (Å²) >= 11 is 0. The van der Waals surface area contributed by atoms with E-state index in [2.05, 4.69) is 13.8 Å². The molecule has 3 unspecified atom stereocenters. The number of hydrogen-bond acceptors (Lipinski definition) is 1. The quantitative estimate of drug-likeness (QED) is 0.765. The highest BCUT2D eigenvalue weighted by molar-refractivity contribution is 4.94. The fourth-order valence-electron chi connectivity index (χ4n) is 4.51. The molecular weight excluding hydrogens is 208 g/mol. The molecule has 0 aromatic carbocycles. The molecule has 0 amide bonds. The number of hydrogen-bond donors (Lipinski definition) is 1. The molecule has 0 bridgehead atoms. The minimum Gasteiger partial charge on any atom is -0.390 e. The largest absolute Gasteiger partial charge is 0.390 e. The van der Waals surface area contributed by atoms with Crippen molar-refractivity contribution in [1.29, 1.82) is 0 Å². The lowest BCUT2D eigenvalue weighted by molar-refractivity contribution is -0.0852. The van der Waals surface area contributed by atoms with Crippen molar-refractivity contribution in [1.82, 2.24) is 0 Å². The fraction of sp³-hybridized carbons (Fsp3) is 1.00. The van der Waals surface area contributed by atoms with Gasteiger partial charge in [0.25, 0.3) is 0 Å². The Morgan fingerprint density at radius 2 is 1.82 bits per heavy atom. The Morgan fingerprint density at radius 1 is 1.12 bits per heavy atom. The van der Waals surface area contributed by atoms with Gasteiger partial charge in [0.1, 0.15) is 0 Å². The maximum absolute atomic E-state index is 10.9. The molecule has 0 aromatic rings. The van der Waals surface area contributed by atoms with Crippen LogP contribution in [0.2, 0.25) is 0 Å². The Bertz CT molecular complexity index is 230. The van der Waals surface area contributed by atoms with Crippen molar-refractivity contribution < 1.29 is 5.11 Å². The van der Waals surface area contributed by atoms with E-state index in [1.807, 2.05) is 0 Å². The summed E-state index contributed by atoms with van der Waals surface area (Å²) < 4.78 is 0. The van der Waals surface area contributed by atoms with Gasteiger partial charge in [-0.15, -0.1) is 0 Å². The van der Waals surface area contributed by atoms with Crippen LogP contribution in [0, 0.1) is 17.8 Å². The molecule has 0 radical (unpaired) electrons. The Balaban J connectivity index is 1.93. The van der Waals surface area contributed by atoms with Crippen molar-refractivity contribution in [2.24, 2.45) is 17.8 Å². The standard InChI is InChI=1S/C16H30O/c1-3-7-14-8-9-15(13(2)12-14)16(17)10-5-4-6-11-16/h13-15,17H,3-12H2,1-2H3. The molecule has 2 rings (SSSR count). The normalized spacial score (nSPS) is 37.9. The van der Waals surface area contributed by atoms with E-state index < -0.39 is 0 Å². The lowest BCUT2D eigenvalue weighted by Gasteiger charge is -2.46. The summed E-state index contributed by atoms with van der Waals surface area (Å²) in [5.41, 5.74) is -0.297. The first-order valence-corrected chi connectivity index (χ1v) is 7.88. The average Bonchev–Trinajstić information content (AvgIpc) is 2.30. The van der Waals surface area contributed by atoms with Gasteiger partial charge in [0.2, 0.25) is 0 Å². The summed E-state index contributed by atoms with van der Waals surface area (Å²) in [5.74, 6) is 2.28. The van der Waals surface area contributed by atoms with E-state index in [9.17, 15) is 5.11 Å². The SMILES string of the molecule is CCCC1CCC(C2(O)CCCCC2)C(C)C1. The van der Waals surface area contributed by atoms with Crippen LogP contribution in [-0.2, 0) is 0 Å². The number of rotatable bonds is 3. The van der Waals surface area contributed by atoms with Gasteiger partial charge in [-0.3, -0.25) is 0 Å². The van der Waals surface area contributed by atoms with Crippen LogP contribution in [0.5, 0.6) is 0 Å². The first-order chi connectivity index (χ1) is 8.15. The van der Waals surface area contributed by atoms with E-state index in [0.717, 1.165) is 24.7 Å². The van der Waals surface area contributed by atoms with E-state index in [1.54, 1.807) is 0 Å².